The molecule has 29 heavy (non-hydrogen) atoms. The highest BCUT2D eigenvalue weighted by Gasteiger charge is 2.22. The molecule has 0 radical (unpaired) electrons. The van der Waals surface area contributed by atoms with Crippen LogP contribution in [0.5, 0.6) is 0 Å². The van der Waals surface area contributed by atoms with Crippen LogP contribution in [0, 0.1) is 0 Å². The van der Waals surface area contributed by atoms with Gasteiger partial charge in [-0.05, 0) is 30.3 Å². The van der Waals surface area contributed by atoms with Crippen LogP contribution in [0.2, 0.25) is 10.0 Å². The molecule has 4 rings (SSSR count). The normalized spacial score (nSPS) is 14.1. The van der Waals surface area contributed by atoms with E-state index < -0.39 is 0 Å². The second-order valence-electron chi connectivity index (χ2n) is 6.66. The fraction of sp³-hybridized carbons (Fsp3) is 0.250. The van der Waals surface area contributed by atoms with Crippen LogP contribution < -0.4 is 10.2 Å². The molecule has 1 N–H and O–H groups in total. The van der Waals surface area contributed by atoms with Gasteiger partial charge in [0.15, 0.2) is 5.13 Å². The van der Waals surface area contributed by atoms with Crippen LogP contribution in [-0.4, -0.2) is 47.0 Å². The van der Waals surface area contributed by atoms with E-state index in [2.05, 4.69) is 20.2 Å². The van der Waals surface area contributed by atoms with Gasteiger partial charge >= 0.3 is 0 Å². The van der Waals surface area contributed by atoms with Gasteiger partial charge in [-0.25, -0.2) is 9.97 Å². The quantitative estimate of drug-likeness (QED) is 0.624. The van der Waals surface area contributed by atoms with Gasteiger partial charge in [-0.3, -0.25) is 4.79 Å². The molecule has 3 aromatic rings. The molecule has 0 spiro atoms. The van der Waals surface area contributed by atoms with E-state index in [4.69, 9.17) is 23.2 Å². The maximum absolute atomic E-state index is 12.7. The summed E-state index contributed by atoms with van der Waals surface area (Å²) in [6.07, 6.45) is 1.87. The van der Waals surface area contributed by atoms with Gasteiger partial charge in [0.05, 0.1) is 17.1 Å². The van der Waals surface area contributed by atoms with Crippen molar-refractivity contribution in [2.75, 3.05) is 36.4 Å². The van der Waals surface area contributed by atoms with Crippen molar-refractivity contribution >= 4 is 57.1 Å². The number of halogens is 2. The third-order valence-corrected chi connectivity index (χ3v) is 5.92. The fourth-order valence-corrected chi connectivity index (χ4v) is 4.17. The summed E-state index contributed by atoms with van der Waals surface area (Å²) in [5, 5.41) is 7.04. The lowest BCUT2D eigenvalue weighted by Gasteiger charge is -2.36. The number of piperazine rings is 1. The molecule has 1 aromatic carbocycles. The molecule has 2 aromatic heterocycles. The number of hydrogen-bond acceptors (Lipinski definition) is 6. The molecule has 0 aliphatic carbocycles. The molecule has 9 heteroatoms. The van der Waals surface area contributed by atoms with Crippen LogP contribution in [-0.2, 0) is 11.2 Å². The van der Waals surface area contributed by atoms with Crippen LogP contribution in [0.15, 0.2) is 48.0 Å². The third-order valence-electron chi connectivity index (χ3n) is 4.65. The minimum absolute atomic E-state index is 0.0946. The standard InChI is InChI=1S/C20H19Cl2N5OS/c21-14-2-1-3-17(10-14)26-6-8-27(9-7-26)19(28)11-16-13-29-20(24-16)25-18-5-4-15(22)12-23-18/h1-5,10,12-13H,6-9,11H2,(H,23,24,25). The highest BCUT2D eigenvalue weighted by molar-refractivity contribution is 7.13. The number of thiazole rings is 1. The molecule has 1 aliphatic heterocycles. The lowest BCUT2D eigenvalue weighted by atomic mass is 10.2. The van der Waals surface area contributed by atoms with E-state index in [-0.39, 0.29) is 5.91 Å². The number of nitrogens with one attached hydrogen (secondary N) is 1. The van der Waals surface area contributed by atoms with Crippen LogP contribution in [0.4, 0.5) is 16.6 Å². The van der Waals surface area contributed by atoms with E-state index in [9.17, 15) is 4.79 Å². The Kier molecular flexibility index (Phi) is 6.18. The van der Waals surface area contributed by atoms with Crippen molar-refractivity contribution < 1.29 is 4.79 Å². The average Bonchev–Trinajstić information content (AvgIpc) is 3.16. The first-order valence-electron chi connectivity index (χ1n) is 9.18. The summed E-state index contributed by atoms with van der Waals surface area (Å²) in [4.78, 5) is 25.5. The van der Waals surface area contributed by atoms with Crippen molar-refractivity contribution in [3.63, 3.8) is 0 Å². The molecule has 0 atom stereocenters. The lowest BCUT2D eigenvalue weighted by Crippen LogP contribution is -2.49. The van der Waals surface area contributed by atoms with Gasteiger partial charge in [0, 0.05) is 48.5 Å². The number of anilines is 3. The monoisotopic (exact) mass is 447 g/mol. The minimum atomic E-state index is 0.0946. The second-order valence-corrected chi connectivity index (χ2v) is 8.39. The number of benzene rings is 1. The number of pyridine rings is 1. The molecule has 150 valence electrons. The van der Waals surface area contributed by atoms with Crippen LogP contribution >= 0.6 is 34.5 Å². The van der Waals surface area contributed by atoms with Gasteiger partial charge in [-0.2, -0.15) is 0 Å². The highest BCUT2D eigenvalue weighted by Crippen LogP contribution is 2.23. The number of carbonyl (C=O) groups is 1. The number of aromatic nitrogens is 2. The SMILES string of the molecule is O=C(Cc1csc(Nc2ccc(Cl)cn2)n1)N1CCN(c2cccc(Cl)c2)CC1. The predicted octanol–water partition coefficient (Wildman–Crippen LogP) is 4.48. The van der Waals surface area contributed by atoms with Crippen molar-refractivity contribution in [2.24, 2.45) is 0 Å². The van der Waals surface area contributed by atoms with E-state index in [1.807, 2.05) is 34.5 Å². The Morgan fingerprint density at radius 3 is 2.66 bits per heavy atom. The van der Waals surface area contributed by atoms with Gasteiger partial charge < -0.3 is 15.1 Å². The Labute approximate surface area is 183 Å². The summed E-state index contributed by atoms with van der Waals surface area (Å²) in [7, 11) is 0. The Morgan fingerprint density at radius 1 is 1.10 bits per heavy atom. The zero-order valence-corrected chi connectivity index (χ0v) is 17.8. The van der Waals surface area contributed by atoms with Crippen molar-refractivity contribution in [1.29, 1.82) is 0 Å². The molecule has 1 aliphatic rings. The Morgan fingerprint density at radius 2 is 1.93 bits per heavy atom. The molecule has 0 unspecified atom stereocenters. The van der Waals surface area contributed by atoms with E-state index in [1.165, 1.54) is 11.3 Å². The molecule has 1 fully saturated rings. The van der Waals surface area contributed by atoms with Gasteiger partial charge in [-0.1, -0.05) is 29.3 Å². The fourth-order valence-electron chi connectivity index (χ4n) is 3.16. The molecule has 6 nitrogen and oxygen atoms in total. The number of amides is 1. The molecule has 1 saturated heterocycles. The number of hydrogen-bond donors (Lipinski definition) is 1. The largest absolute Gasteiger partial charge is 0.368 e. The summed E-state index contributed by atoms with van der Waals surface area (Å²) in [6.45, 7) is 2.96. The van der Waals surface area contributed by atoms with Crippen molar-refractivity contribution in [2.45, 2.75) is 6.42 Å². The van der Waals surface area contributed by atoms with Crippen molar-refractivity contribution in [3.05, 3.63) is 63.7 Å². The number of carbonyl (C=O) groups excluding carboxylic acids is 1. The lowest BCUT2D eigenvalue weighted by molar-refractivity contribution is -0.130. The first kappa shape index (κ1) is 19.9. The van der Waals surface area contributed by atoms with Gasteiger partial charge in [0.1, 0.15) is 5.82 Å². The zero-order chi connectivity index (χ0) is 20.2. The summed E-state index contributed by atoms with van der Waals surface area (Å²) in [6, 6.07) is 11.4. The molecular formula is C20H19Cl2N5OS. The minimum Gasteiger partial charge on any atom is -0.368 e. The Hall–Kier alpha value is -2.35. The summed E-state index contributed by atoms with van der Waals surface area (Å²) < 4.78 is 0. The summed E-state index contributed by atoms with van der Waals surface area (Å²) >= 11 is 13.4. The van der Waals surface area contributed by atoms with Gasteiger partial charge in [0.25, 0.3) is 0 Å². The zero-order valence-electron chi connectivity index (χ0n) is 15.5. The number of nitrogens with zero attached hydrogens (tertiary/aromatic N) is 4. The van der Waals surface area contributed by atoms with Crippen molar-refractivity contribution in [3.8, 4) is 0 Å². The smallest absolute Gasteiger partial charge is 0.228 e. The predicted molar refractivity (Wildman–Crippen MR) is 119 cm³/mol. The first-order chi connectivity index (χ1) is 14.1. The topological polar surface area (TPSA) is 61.4 Å². The molecule has 0 bridgehead atoms. The van der Waals surface area contributed by atoms with E-state index in [0.717, 1.165) is 29.5 Å². The molecule has 1 amide bonds. The van der Waals surface area contributed by atoms with E-state index >= 15 is 0 Å². The first-order valence-corrected chi connectivity index (χ1v) is 10.8. The van der Waals surface area contributed by atoms with Crippen molar-refractivity contribution in [1.82, 2.24) is 14.9 Å². The molecule has 3 heterocycles. The van der Waals surface area contributed by atoms with Crippen LogP contribution in [0.3, 0.4) is 0 Å². The van der Waals surface area contributed by atoms with Gasteiger partial charge in [-0.15, -0.1) is 11.3 Å². The maximum Gasteiger partial charge on any atom is 0.228 e. The average molecular weight is 448 g/mol. The van der Waals surface area contributed by atoms with E-state index in [0.29, 0.717) is 35.5 Å². The van der Waals surface area contributed by atoms with E-state index in [1.54, 1.807) is 18.3 Å². The third kappa shape index (κ3) is 5.18. The molecular weight excluding hydrogens is 429 g/mol. The maximum atomic E-state index is 12.7. The van der Waals surface area contributed by atoms with Gasteiger partial charge in [0.2, 0.25) is 5.91 Å². The van der Waals surface area contributed by atoms with Crippen LogP contribution in [0.25, 0.3) is 0 Å². The Balaban J connectivity index is 1.30. The second kappa shape index (κ2) is 8.98. The summed E-state index contributed by atoms with van der Waals surface area (Å²) in [5.74, 6) is 0.760. The Bertz CT molecular complexity index is 987. The molecule has 0 saturated carbocycles. The highest BCUT2D eigenvalue weighted by atomic mass is 35.5. The summed E-state index contributed by atoms with van der Waals surface area (Å²) in [5.41, 5.74) is 1.85. The number of rotatable bonds is 5. The van der Waals surface area contributed by atoms with Crippen LogP contribution in [0.1, 0.15) is 5.69 Å².